The van der Waals surface area contributed by atoms with Crippen LogP contribution in [0.5, 0.6) is 5.75 Å². The van der Waals surface area contributed by atoms with E-state index in [1.165, 1.54) is 0 Å². The van der Waals surface area contributed by atoms with Crippen molar-refractivity contribution in [1.29, 1.82) is 0 Å². The molecule has 94 valence electrons. The molecule has 0 bridgehead atoms. The van der Waals surface area contributed by atoms with Gasteiger partial charge in [-0.05, 0) is 17.7 Å². The molecule has 3 aromatic rings. The van der Waals surface area contributed by atoms with Crippen molar-refractivity contribution in [3.8, 4) is 5.75 Å². The van der Waals surface area contributed by atoms with Gasteiger partial charge in [-0.3, -0.25) is 4.98 Å². The van der Waals surface area contributed by atoms with E-state index in [0.717, 1.165) is 16.6 Å². The summed E-state index contributed by atoms with van der Waals surface area (Å²) in [4.78, 5) is 8.52. The molecule has 0 unspecified atom stereocenters. The van der Waals surface area contributed by atoms with Crippen LogP contribution >= 0.6 is 0 Å². The molecule has 2 N–H and O–H groups in total. The number of benzene rings is 1. The Labute approximate surface area is 110 Å². The number of anilines is 1. The maximum absolute atomic E-state index is 5.80. The normalized spacial score (nSPS) is 10.5. The maximum Gasteiger partial charge on any atom is 0.151 e. The van der Waals surface area contributed by atoms with Crippen LogP contribution in [-0.2, 0) is 6.61 Å². The minimum atomic E-state index is 0.434. The third kappa shape index (κ3) is 2.47. The Hall–Kier alpha value is -2.62. The average molecular weight is 251 g/mol. The summed E-state index contributed by atoms with van der Waals surface area (Å²) in [5.74, 6) is 1.09. The number of aromatic nitrogens is 2. The molecule has 0 radical (unpaired) electrons. The Bertz CT molecular complexity index is 698. The highest BCUT2D eigenvalue weighted by molar-refractivity contribution is 5.82. The van der Waals surface area contributed by atoms with Crippen LogP contribution in [0.3, 0.4) is 0 Å². The van der Waals surface area contributed by atoms with E-state index >= 15 is 0 Å². The monoisotopic (exact) mass is 251 g/mol. The Kier molecular flexibility index (Phi) is 2.98. The fourth-order valence-electron chi connectivity index (χ4n) is 1.90. The minimum absolute atomic E-state index is 0.434. The van der Waals surface area contributed by atoms with Crippen LogP contribution in [0.2, 0.25) is 0 Å². The zero-order valence-electron chi connectivity index (χ0n) is 10.3. The molecule has 0 aliphatic rings. The van der Waals surface area contributed by atoms with Crippen molar-refractivity contribution in [2.45, 2.75) is 6.61 Å². The van der Waals surface area contributed by atoms with E-state index < -0.39 is 0 Å². The van der Waals surface area contributed by atoms with E-state index in [2.05, 4.69) is 9.97 Å². The van der Waals surface area contributed by atoms with E-state index in [1.54, 1.807) is 12.3 Å². The second-order valence-electron chi connectivity index (χ2n) is 4.19. The fraction of sp³-hybridized carbons (Fsp3) is 0.0667. The molecule has 3 rings (SSSR count). The zero-order chi connectivity index (χ0) is 13.1. The average Bonchev–Trinajstić information content (AvgIpc) is 2.45. The molecule has 0 aliphatic carbocycles. The van der Waals surface area contributed by atoms with Gasteiger partial charge >= 0.3 is 0 Å². The second kappa shape index (κ2) is 4.94. The topological polar surface area (TPSA) is 61.0 Å². The van der Waals surface area contributed by atoms with Crippen LogP contribution in [0.1, 0.15) is 5.56 Å². The molecule has 1 aromatic carbocycles. The number of hydrogen-bond acceptors (Lipinski definition) is 4. The van der Waals surface area contributed by atoms with Crippen LogP contribution in [0.15, 0.2) is 54.7 Å². The number of pyridine rings is 2. The van der Waals surface area contributed by atoms with Gasteiger partial charge < -0.3 is 10.5 Å². The molecule has 0 saturated heterocycles. The highest BCUT2D eigenvalue weighted by Crippen LogP contribution is 2.25. The lowest BCUT2D eigenvalue weighted by atomic mass is 10.2. The second-order valence-corrected chi connectivity index (χ2v) is 4.19. The third-order valence-electron chi connectivity index (χ3n) is 2.79. The Morgan fingerprint density at radius 2 is 1.89 bits per heavy atom. The number of nitrogens with two attached hydrogens (primary N) is 1. The number of nitrogen functional groups attached to an aromatic ring is 1. The summed E-state index contributed by atoms with van der Waals surface area (Å²) in [6, 6.07) is 15.4. The molecule has 2 aromatic heterocycles. The molecule has 0 atom stereocenters. The molecule has 0 aliphatic heterocycles. The van der Waals surface area contributed by atoms with E-state index in [4.69, 9.17) is 10.5 Å². The molecular formula is C15H13N3O. The summed E-state index contributed by atoms with van der Waals surface area (Å²) >= 11 is 0. The quantitative estimate of drug-likeness (QED) is 0.777. The third-order valence-corrected chi connectivity index (χ3v) is 2.79. The van der Waals surface area contributed by atoms with Crippen LogP contribution in [-0.4, -0.2) is 9.97 Å². The van der Waals surface area contributed by atoms with Gasteiger partial charge in [0.2, 0.25) is 0 Å². The zero-order valence-corrected chi connectivity index (χ0v) is 10.3. The lowest BCUT2D eigenvalue weighted by molar-refractivity contribution is 0.309. The fourth-order valence-corrected chi connectivity index (χ4v) is 1.90. The predicted octanol–water partition coefficient (Wildman–Crippen LogP) is 2.79. The van der Waals surface area contributed by atoms with Gasteiger partial charge in [-0.25, -0.2) is 4.98 Å². The predicted molar refractivity (Wildman–Crippen MR) is 74.7 cm³/mol. The lowest BCUT2D eigenvalue weighted by Crippen LogP contribution is -1.99. The molecule has 19 heavy (non-hydrogen) atoms. The number of fused-ring (bicyclic) bond motifs is 1. The first kappa shape index (κ1) is 11.5. The Morgan fingerprint density at radius 1 is 1.05 bits per heavy atom. The van der Waals surface area contributed by atoms with Crippen molar-refractivity contribution in [3.63, 3.8) is 0 Å². The van der Waals surface area contributed by atoms with Gasteiger partial charge in [0.25, 0.3) is 0 Å². The standard InChI is InChI=1S/C15H13N3O/c16-14-9-13(15-12(18-14)7-4-8-17-15)19-10-11-5-2-1-3-6-11/h1-9H,10H2,(H2,16,18). The molecule has 0 amide bonds. The largest absolute Gasteiger partial charge is 0.486 e. The number of rotatable bonds is 3. The first-order chi connectivity index (χ1) is 9.33. The summed E-state index contributed by atoms with van der Waals surface area (Å²) in [6.07, 6.45) is 1.72. The maximum atomic E-state index is 5.80. The SMILES string of the molecule is Nc1cc(OCc2ccccc2)c2ncccc2n1. The van der Waals surface area contributed by atoms with Gasteiger partial charge in [0.05, 0.1) is 5.52 Å². The van der Waals surface area contributed by atoms with Gasteiger partial charge in [0.15, 0.2) is 5.75 Å². The minimum Gasteiger partial charge on any atom is -0.486 e. The highest BCUT2D eigenvalue weighted by Gasteiger charge is 2.06. The van der Waals surface area contributed by atoms with Gasteiger partial charge in [-0.1, -0.05) is 30.3 Å². The van der Waals surface area contributed by atoms with Crippen molar-refractivity contribution in [3.05, 3.63) is 60.3 Å². The first-order valence-electron chi connectivity index (χ1n) is 6.01. The molecule has 0 fully saturated rings. The van der Waals surface area contributed by atoms with E-state index in [9.17, 15) is 0 Å². The van der Waals surface area contributed by atoms with Gasteiger partial charge in [-0.15, -0.1) is 0 Å². The van der Waals surface area contributed by atoms with Crippen molar-refractivity contribution in [2.24, 2.45) is 0 Å². The summed E-state index contributed by atoms with van der Waals surface area (Å²) in [6.45, 7) is 0.482. The molecule has 0 spiro atoms. The van der Waals surface area contributed by atoms with Crippen LogP contribution in [0.4, 0.5) is 5.82 Å². The first-order valence-corrected chi connectivity index (χ1v) is 6.01. The summed E-state index contributed by atoms with van der Waals surface area (Å²) < 4.78 is 5.80. The smallest absolute Gasteiger partial charge is 0.151 e. The number of ether oxygens (including phenoxy) is 1. The number of nitrogens with zero attached hydrogens (tertiary/aromatic N) is 2. The summed E-state index contributed by atoms with van der Waals surface area (Å²) in [7, 11) is 0. The summed E-state index contributed by atoms with van der Waals surface area (Å²) in [5.41, 5.74) is 8.34. The van der Waals surface area contributed by atoms with E-state index in [-0.39, 0.29) is 0 Å². The summed E-state index contributed by atoms with van der Waals surface area (Å²) in [5, 5.41) is 0. The van der Waals surface area contributed by atoms with Gasteiger partial charge in [-0.2, -0.15) is 0 Å². The van der Waals surface area contributed by atoms with Crippen molar-refractivity contribution >= 4 is 16.9 Å². The Balaban J connectivity index is 1.92. The van der Waals surface area contributed by atoms with E-state index in [0.29, 0.717) is 18.2 Å². The van der Waals surface area contributed by atoms with E-state index in [1.807, 2.05) is 42.5 Å². The van der Waals surface area contributed by atoms with Crippen LogP contribution in [0.25, 0.3) is 11.0 Å². The molecular weight excluding hydrogens is 238 g/mol. The molecule has 2 heterocycles. The van der Waals surface area contributed by atoms with Crippen LogP contribution in [0, 0.1) is 0 Å². The van der Waals surface area contributed by atoms with Crippen molar-refractivity contribution < 1.29 is 4.74 Å². The molecule has 4 nitrogen and oxygen atoms in total. The van der Waals surface area contributed by atoms with Gasteiger partial charge in [0.1, 0.15) is 17.9 Å². The molecule has 4 heteroatoms. The van der Waals surface area contributed by atoms with Crippen LogP contribution < -0.4 is 10.5 Å². The lowest BCUT2D eigenvalue weighted by Gasteiger charge is -2.09. The van der Waals surface area contributed by atoms with Gasteiger partial charge in [0, 0.05) is 12.3 Å². The Morgan fingerprint density at radius 3 is 2.74 bits per heavy atom. The molecule has 0 saturated carbocycles. The van der Waals surface area contributed by atoms with Crippen molar-refractivity contribution in [1.82, 2.24) is 9.97 Å². The number of hydrogen-bond donors (Lipinski definition) is 1. The highest BCUT2D eigenvalue weighted by atomic mass is 16.5. The van der Waals surface area contributed by atoms with Crippen molar-refractivity contribution in [2.75, 3.05) is 5.73 Å².